The van der Waals surface area contributed by atoms with Crippen molar-refractivity contribution in [1.29, 1.82) is 0 Å². The van der Waals surface area contributed by atoms with Crippen LogP contribution in [0, 0.1) is 0 Å². The van der Waals surface area contributed by atoms with Gasteiger partial charge in [-0.3, -0.25) is 10.0 Å². The van der Waals surface area contributed by atoms with Gasteiger partial charge in [-0.25, -0.2) is 10.5 Å². The Morgan fingerprint density at radius 2 is 2.12 bits per heavy atom. The van der Waals surface area contributed by atoms with Gasteiger partial charge in [-0.1, -0.05) is 18.2 Å². The maximum Gasteiger partial charge on any atom is 0.274 e. The van der Waals surface area contributed by atoms with Crippen LogP contribution >= 0.6 is 0 Å². The first-order chi connectivity index (χ1) is 11.7. The number of para-hydroxylation sites is 2. The molecular formula is C17H18N4O3. The fourth-order valence-electron chi connectivity index (χ4n) is 2.49. The van der Waals surface area contributed by atoms with Gasteiger partial charge < -0.3 is 14.6 Å². The second-order valence-electron chi connectivity index (χ2n) is 5.21. The van der Waals surface area contributed by atoms with Crippen LogP contribution in [0.5, 0.6) is 0 Å². The molecule has 1 aromatic heterocycles. The van der Waals surface area contributed by atoms with Crippen molar-refractivity contribution in [1.82, 2.24) is 15.4 Å². The van der Waals surface area contributed by atoms with Crippen molar-refractivity contribution < 1.29 is 14.7 Å². The van der Waals surface area contributed by atoms with Gasteiger partial charge in [0.2, 0.25) is 5.95 Å². The lowest BCUT2D eigenvalue weighted by atomic mass is 10.2. The highest BCUT2D eigenvalue weighted by atomic mass is 16.5. The summed E-state index contributed by atoms with van der Waals surface area (Å²) in [6, 6.07) is 14.7. The number of aromatic amines is 1. The molecule has 3 aromatic rings. The summed E-state index contributed by atoms with van der Waals surface area (Å²) in [5.74, 6) is 0.1000. The van der Waals surface area contributed by atoms with Crippen molar-refractivity contribution in [3.05, 3.63) is 54.1 Å². The third kappa shape index (κ3) is 3.22. The zero-order valence-corrected chi connectivity index (χ0v) is 13.2. The normalized spacial score (nSPS) is 10.8. The second kappa shape index (κ2) is 7.12. The fourth-order valence-corrected chi connectivity index (χ4v) is 2.49. The number of nitrogens with zero attached hydrogens (tertiary/aromatic N) is 2. The monoisotopic (exact) mass is 326 g/mol. The van der Waals surface area contributed by atoms with E-state index < -0.39 is 5.91 Å². The number of benzene rings is 2. The van der Waals surface area contributed by atoms with E-state index in [1.807, 2.05) is 35.2 Å². The van der Waals surface area contributed by atoms with Gasteiger partial charge in [0.05, 0.1) is 17.6 Å². The fraction of sp³-hybridized carbons (Fsp3) is 0.176. The molecule has 3 N–H and O–H groups in total. The van der Waals surface area contributed by atoms with Crippen LogP contribution in [0.1, 0.15) is 10.4 Å². The molecule has 0 aliphatic heterocycles. The number of methoxy groups -OCH3 is 1. The number of hydrogen-bond donors (Lipinski definition) is 3. The van der Waals surface area contributed by atoms with E-state index in [1.165, 1.54) is 0 Å². The number of fused-ring (bicyclic) bond motifs is 1. The predicted molar refractivity (Wildman–Crippen MR) is 90.7 cm³/mol. The highest BCUT2D eigenvalue weighted by Gasteiger charge is 2.15. The number of nitrogens with one attached hydrogen (secondary N) is 2. The summed E-state index contributed by atoms with van der Waals surface area (Å²) in [7, 11) is 1.63. The van der Waals surface area contributed by atoms with Gasteiger partial charge in [0.25, 0.3) is 5.91 Å². The number of amides is 1. The van der Waals surface area contributed by atoms with Crippen molar-refractivity contribution in [3.8, 4) is 0 Å². The minimum Gasteiger partial charge on any atom is -0.383 e. The molecule has 7 heteroatoms. The number of anilines is 2. The zero-order valence-electron chi connectivity index (χ0n) is 13.2. The smallest absolute Gasteiger partial charge is 0.274 e. The molecular weight excluding hydrogens is 308 g/mol. The number of rotatable bonds is 6. The molecule has 0 spiro atoms. The molecule has 0 saturated carbocycles. The molecule has 2 aromatic carbocycles. The first-order valence-corrected chi connectivity index (χ1v) is 7.48. The number of carbonyl (C=O) groups is 1. The van der Waals surface area contributed by atoms with Crippen LogP contribution in [0.15, 0.2) is 48.5 Å². The van der Waals surface area contributed by atoms with Crippen molar-refractivity contribution in [2.45, 2.75) is 0 Å². The summed E-state index contributed by atoms with van der Waals surface area (Å²) in [5, 5.41) is 8.82. The van der Waals surface area contributed by atoms with E-state index in [1.54, 1.807) is 30.8 Å². The van der Waals surface area contributed by atoms with Crippen LogP contribution in [-0.4, -0.2) is 41.3 Å². The molecule has 0 saturated heterocycles. The largest absolute Gasteiger partial charge is 0.383 e. The van der Waals surface area contributed by atoms with Gasteiger partial charge >= 0.3 is 0 Å². The summed E-state index contributed by atoms with van der Waals surface area (Å²) in [4.78, 5) is 21.5. The molecule has 24 heavy (non-hydrogen) atoms. The number of aromatic nitrogens is 2. The molecule has 0 radical (unpaired) electrons. The highest BCUT2D eigenvalue weighted by molar-refractivity contribution is 5.94. The summed E-state index contributed by atoms with van der Waals surface area (Å²) in [6.45, 7) is 1.05. The van der Waals surface area contributed by atoms with Crippen LogP contribution in [0.2, 0.25) is 0 Å². The van der Waals surface area contributed by atoms with Gasteiger partial charge in [0.1, 0.15) is 0 Å². The molecule has 0 aliphatic carbocycles. The Bertz CT molecular complexity index is 813. The third-order valence-corrected chi connectivity index (χ3v) is 3.67. The van der Waals surface area contributed by atoms with Crippen molar-refractivity contribution in [3.63, 3.8) is 0 Å². The summed E-state index contributed by atoms with van der Waals surface area (Å²) >= 11 is 0. The lowest BCUT2D eigenvalue weighted by molar-refractivity contribution is 0.0706. The molecule has 124 valence electrons. The topological polar surface area (TPSA) is 90.5 Å². The minimum absolute atomic E-state index is 0.355. The predicted octanol–water partition coefficient (Wildman–Crippen LogP) is 2.47. The molecule has 3 rings (SSSR count). The SMILES string of the molecule is COCCN(c1cccc(C(=O)NO)c1)c1nc2ccccc2[nH]1. The lowest BCUT2D eigenvalue weighted by Gasteiger charge is -2.22. The third-order valence-electron chi connectivity index (χ3n) is 3.67. The van der Waals surface area contributed by atoms with Crippen LogP contribution in [0.25, 0.3) is 11.0 Å². The molecule has 7 nitrogen and oxygen atoms in total. The lowest BCUT2D eigenvalue weighted by Crippen LogP contribution is -2.24. The Morgan fingerprint density at radius 1 is 1.29 bits per heavy atom. The Balaban J connectivity index is 2.01. The van der Waals surface area contributed by atoms with Crippen LogP contribution in [-0.2, 0) is 4.74 Å². The van der Waals surface area contributed by atoms with Gasteiger partial charge in [-0.2, -0.15) is 0 Å². The van der Waals surface area contributed by atoms with Gasteiger partial charge in [-0.05, 0) is 30.3 Å². The van der Waals surface area contributed by atoms with E-state index in [2.05, 4.69) is 9.97 Å². The zero-order chi connectivity index (χ0) is 16.9. The quantitative estimate of drug-likeness (QED) is 0.478. The number of imidazole rings is 1. The van der Waals surface area contributed by atoms with Crippen LogP contribution in [0.4, 0.5) is 11.6 Å². The molecule has 0 bridgehead atoms. The Labute approximate surface area is 138 Å². The Hall–Kier alpha value is -2.90. The Kier molecular flexibility index (Phi) is 4.74. The van der Waals surface area contributed by atoms with E-state index in [9.17, 15) is 4.79 Å². The van der Waals surface area contributed by atoms with E-state index in [0.29, 0.717) is 24.7 Å². The van der Waals surface area contributed by atoms with E-state index in [4.69, 9.17) is 9.94 Å². The van der Waals surface area contributed by atoms with Crippen molar-refractivity contribution in [2.75, 3.05) is 25.2 Å². The molecule has 0 aliphatic rings. The number of hydroxylamine groups is 1. The summed E-state index contributed by atoms with van der Waals surface area (Å²) < 4.78 is 5.19. The van der Waals surface area contributed by atoms with Crippen molar-refractivity contribution >= 4 is 28.6 Å². The average Bonchev–Trinajstić information content (AvgIpc) is 3.05. The minimum atomic E-state index is -0.562. The van der Waals surface area contributed by atoms with E-state index in [0.717, 1.165) is 16.7 Å². The average molecular weight is 326 g/mol. The number of H-pyrrole nitrogens is 1. The van der Waals surface area contributed by atoms with Gasteiger partial charge in [-0.15, -0.1) is 0 Å². The van der Waals surface area contributed by atoms with Gasteiger partial charge in [0, 0.05) is 24.9 Å². The van der Waals surface area contributed by atoms with Crippen LogP contribution in [0.3, 0.4) is 0 Å². The molecule has 0 fully saturated rings. The second-order valence-corrected chi connectivity index (χ2v) is 5.21. The molecule has 0 unspecified atom stereocenters. The summed E-state index contributed by atoms with van der Waals surface area (Å²) in [6.07, 6.45) is 0. The maximum atomic E-state index is 11.7. The van der Waals surface area contributed by atoms with Crippen LogP contribution < -0.4 is 10.4 Å². The van der Waals surface area contributed by atoms with Crippen molar-refractivity contribution in [2.24, 2.45) is 0 Å². The highest BCUT2D eigenvalue weighted by Crippen LogP contribution is 2.25. The standard InChI is InChI=1S/C17H18N4O3/c1-24-10-9-21(13-6-4-5-12(11-13)16(22)20-23)17-18-14-7-2-3-8-15(14)19-17/h2-8,11,23H,9-10H2,1H3,(H,18,19)(H,20,22). The first kappa shape index (κ1) is 16.0. The first-order valence-electron chi connectivity index (χ1n) is 7.48. The van der Waals surface area contributed by atoms with E-state index in [-0.39, 0.29) is 0 Å². The van der Waals surface area contributed by atoms with E-state index >= 15 is 0 Å². The van der Waals surface area contributed by atoms with Gasteiger partial charge in [0.15, 0.2) is 0 Å². The summed E-state index contributed by atoms with van der Waals surface area (Å²) in [5.41, 5.74) is 4.56. The number of hydrogen-bond acceptors (Lipinski definition) is 5. The molecule has 1 amide bonds. The molecule has 1 heterocycles. The Morgan fingerprint density at radius 3 is 2.88 bits per heavy atom. The number of carbonyl (C=O) groups excluding carboxylic acids is 1. The maximum absolute atomic E-state index is 11.7. The number of ether oxygens (including phenoxy) is 1. The molecule has 0 atom stereocenters.